The molecule has 0 saturated heterocycles. The predicted octanol–water partition coefficient (Wildman–Crippen LogP) is 1.48. The Balaban J connectivity index is 1.75. The van der Waals surface area contributed by atoms with Crippen molar-refractivity contribution in [3.05, 3.63) is 36.0 Å². The number of aromatic nitrogens is 2. The maximum Gasteiger partial charge on any atom is 0.254 e. The van der Waals surface area contributed by atoms with Gasteiger partial charge in [0.1, 0.15) is 12.4 Å². The van der Waals surface area contributed by atoms with E-state index < -0.39 is 5.91 Å². The normalized spacial score (nSPS) is 13.1. The second-order valence-corrected chi connectivity index (χ2v) is 5.93. The van der Waals surface area contributed by atoms with Crippen molar-refractivity contribution in [3.8, 4) is 0 Å². The monoisotopic (exact) mass is 356 g/mol. The highest BCUT2D eigenvalue weighted by Gasteiger charge is 2.24. The molecule has 0 bridgehead atoms. The molecule has 2 amide bonds. The maximum atomic E-state index is 11.6. The lowest BCUT2D eigenvalue weighted by Gasteiger charge is -2.11. The Morgan fingerprint density at radius 3 is 2.77 bits per heavy atom. The van der Waals surface area contributed by atoms with E-state index in [0.29, 0.717) is 29.2 Å². The van der Waals surface area contributed by atoms with Crippen molar-refractivity contribution in [3.63, 3.8) is 0 Å². The lowest BCUT2D eigenvalue weighted by atomic mass is 10.2. The quantitative estimate of drug-likeness (QED) is 0.563. The highest BCUT2D eigenvalue weighted by atomic mass is 16.5. The molecule has 0 radical (unpaired) electrons. The van der Waals surface area contributed by atoms with Crippen molar-refractivity contribution >= 4 is 35.0 Å². The van der Waals surface area contributed by atoms with Gasteiger partial charge in [-0.25, -0.2) is 4.98 Å². The molecule has 1 aliphatic rings. The second kappa shape index (κ2) is 7.79. The van der Waals surface area contributed by atoms with Gasteiger partial charge in [0.05, 0.1) is 5.56 Å². The zero-order valence-corrected chi connectivity index (χ0v) is 14.3. The fourth-order valence-corrected chi connectivity index (χ4v) is 2.29. The summed E-state index contributed by atoms with van der Waals surface area (Å²) in [7, 11) is 1.46. The number of hydrogen-bond donors (Lipinski definition) is 4. The number of ether oxygens (including phenoxy) is 1. The number of nitrogens with zero attached hydrogens (tertiary/aromatic N) is 2. The molecule has 5 N–H and O–H groups in total. The van der Waals surface area contributed by atoms with E-state index in [1.54, 1.807) is 18.2 Å². The van der Waals surface area contributed by atoms with Gasteiger partial charge in [0.2, 0.25) is 11.9 Å². The number of carbonyl (C=O) groups excluding carboxylic acids is 2. The van der Waals surface area contributed by atoms with Crippen LogP contribution in [0.5, 0.6) is 0 Å². The first-order chi connectivity index (χ1) is 12.5. The lowest BCUT2D eigenvalue weighted by molar-refractivity contribution is -0.119. The number of methoxy groups -OCH3 is 1. The summed E-state index contributed by atoms with van der Waals surface area (Å²) in [5.41, 5.74) is 6.92. The van der Waals surface area contributed by atoms with Crippen LogP contribution in [0.25, 0.3) is 0 Å². The molecule has 1 aromatic carbocycles. The smallest absolute Gasteiger partial charge is 0.254 e. The first kappa shape index (κ1) is 17.6. The van der Waals surface area contributed by atoms with Crippen LogP contribution in [0.2, 0.25) is 0 Å². The third kappa shape index (κ3) is 4.67. The standard InChI is InChI=1S/C17H20N6O3/c1-26-9-14(24)20-11-3-2-4-12(7-11)22-17-19-8-13(15(18)25)16(23-17)21-10-5-6-10/h2-4,7-8,10H,5-6,9H2,1H3,(H2,18,25)(H,20,24)(H2,19,21,22,23). The van der Waals surface area contributed by atoms with Crippen molar-refractivity contribution in [2.45, 2.75) is 18.9 Å². The van der Waals surface area contributed by atoms with Crippen molar-refractivity contribution < 1.29 is 14.3 Å². The Morgan fingerprint density at radius 2 is 2.08 bits per heavy atom. The van der Waals surface area contributed by atoms with Gasteiger partial charge < -0.3 is 26.4 Å². The summed E-state index contributed by atoms with van der Waals surface area (Å²) in [6.45, 7) is -0.0223. The fraction of sp³-hybridized carbons (Fsp3) is 0.294. The molecule has 2 aromatic rings. The van der Waals surface area contributed by atoms with Crippen LogP contribution in [-0.2, 0) is 9.53 Å². The van der Waals surface area contributed by atoms with Gasteiger partial charge in [0.15, 0.2) is 0 Å². The minimum Gasteiger partial charge on any atom is -0.375 e. The summed E-state index contributed by atoms with van der Waals surface area (Å²) >= 11 is 0. The average Bonchev–Trinajstić information content (AvgIpc) is 3.39. The largest absolute Gasteiger partial charge is 0.375 e. The maximum absolute atomic E-state index is 11.6. The third-order valence-electron chi connectivity index (χ3n) is 3.65. The summed E-state index contributed by atoms with van der Waals surface area (Å²) in [5.74, 6) is -0.0919. The SMILES string of the molecule is COCC(=O)Nc1cccc(Nc2ncc(C(N)=O)c(NC3CC3)n2)c1. The van der Waals surface area contributed by atoms with E-state index in [4.69, 9.17) is 10.5 Å². The Labute approximate surface area is 150 Å². The summed E-state index contributed by atoms with van der Waals surface area (Å²) in [6, 6.07) is 7.41. The third-order valence-corrected chi connectivity index (χ3v) is 3.65. The fourth-order valence-electron chi connectivity index (χ4n) is 2.29. The van der Waals surface area contributed by atoms with Crippen LogP contribution in [0.15, 0.2) is 30.5 Å². The molecular weight excluding hydrogens is 336 g/mol. The molecule has 9 heteroatoms. The Kier molecular flexibility index (Phi) is 5.28. The number of amides is 2. The van der Waals surface area contributed by atoms with Gasteiger partial charge in [-0.3, -0.25) is 9.59 Å². The molecule has 26 heavy (non-hydrogen) atoms. The van der Waals surface area contributed by atoms with Crippen molar-refractivity contribution in [1.29, 1.82) is 0 Å². The lowest BCUT2D eigenvalue weighted by Crippen LogP contribution is -2.18. The minimum atomic E-state index is -0.581. The van der Waals surface area contributed by atoms with Crippen LogP contribution < -0.4 is 21.7 Å². The number of hydrogen-bond acceptors (Lipinski definition) is 7. The number of nitrogens with two attached hydrogens (primary N) is 1. The van der Waals surface area contributed by atoms with Gasteiger partial charge in [-0.15, -0.1) is 0 Å². The Hall–Kier alpha value is -3.20. The zero-order chi connectivity index (χ0) is 18.5. The number of primary amides is 1. The molecule has 9 nitrogen and oxygen atoms in total. The summed E-state index contributed by atoms with van der Waals surface area (Å²) in [4.78, 5) is 31.6. The number of benzene rings is 1. The first-order valence-corrected chi connectivity index (χ1v) is 8.14. The molecule has 1 heterocycles. The number of carbonyl (C=O) groups is 2. The van der Waals surface area contributed by atoms with E-state index in [0.717, 1.165) is 12.8 Å². The van der Waals surface area contributed by atoms with Gasteiger partial charge in [0, 0.05) is 30.7 Å². The molecule has 3 rings (SSSR count). The van der Waals surface area contributed by atoms with Crippen LogP contribution in [0.1, 0.15) is 23.2 Å². The minimum absolute atomic E-state index is 0.0223. The van der Waals surface area contributed by atoms with Gasteiger partial charge in [-0.2, -0.15) is 4.98 Å². The molecule has 0 atom stereocenters. The van der Waals surface area contributed by atoms with E-state index in [9.17, 15) is 9.59 Å². The highest BCUT2D eigenvalue weighted by Crippen LogP contribution is 2.26. The van der Waals surface area contributed by atoms with Crippen LogP contribution in [0.4, 0.5) is 23.1 Å². The van der Waals surface area contributed by atoms with Gasteiger partial charge in [-0.05, 0) is 31.0 Å². The van der Waals surface area contributed by atoms with Crippen LogP contribution in [0.3, 0.4) is 0 Å². The summed E-state index contributed by atoms with van der Waals surface area (Å²) < 4.78 is 4.79. The van der Waals surface area contributed by atoms with E-state index in [1.807, 2.05) is 6.07 Å². The molecule has 0 unspecified atom stereocenters. The van der Waals surface area contributed by atoms with Crippen molar-refractivity contribution in [1.82, 2.24) is 9.97 Å². The molecule has 1 saturated carbocycles. The number of rotatable bonds is 8. The highest BCUT2D eigenvalue weighted by molar-refractivity contribution is 5.97. The Bertz CT molecular complexity index is 822. The molecule has 0 aliphatic heterocycles. The van der Waals surface area contributed by atoms with Gasteiger partial charge in [0.25, 0.3) is 5.91 Å². The summed E-state index contributed by atoms with van der Waals surface area (Å²) in [5, 5.41) is 8.95. The van der Waals surface area contributed by atoms with Crippen molar-refractivity contribution in [2.24, 2.45) is 5.73 Å². The van der Waals surface area contributed by atoms with E-state index in [1.165, 1.54) is 13.3 Å². The van der Waals surface area contributed by atoms with Crippen LogP contribution in [0, 0.1) is 0 Å². The molecule has 0 spiro atoms. The zero-order valence-electron chi connectivity index (χ0n) is 14.3. The van der Waals surface area contributed by atoms with Crippen LogP contribution >= 0.6 is 0 Å². The molecule has 1 fully saturated rings. The van der Waals surface area contributed by atoms with Crippen LogP contribution in [-0.4, -0.2) is 41.5 Å². The van der Waals surface area contributed by atoms with Crippen molar-refractivity contribution in [2.75, 3.05) is 29.7 Å². The van der Waals surface area contributed by atoms with E-state index in [-0.39, 0.29) is 18.1 Å². The first-order valence-electron chi connectivity index (χ1n) is 8.14. The predicted molar refractivity (Wildman–Crippen MR) is 97.4 cm³/mol. The number of nitrogens with one attached hydrogen (secondary N) is 3. The van der Waals surface area contributed by atoms with E-state index >= 15 is 0 Å². The Morgan fingerprint density at radius 1 is 1.31 bits per heavy atom. The molecule has 136 valence electrons. The molecule has 1 aliphatic carbocycles. The van der Waals surface area contributed by atoms with Gasteiger partial charge >= 0.3 is 0 Å². The topological polar surface area (TPSA) is 131 Å². The van der Waals surface area contributed by atoms with Gasteiger partial charge in [-0.1, -0.05) is 6.07 Å². The average molecular weight is 356 g/mol. The number of anilines is 4. The molecular formula is C17H20N6O3. The summed E-state index contributed by atoms with van der Waals surface area (Å²) in [6.07, 6.45) is 3.47. The van der Waals surface area contributed by atoms with E-state index in [2.05, 4.69) is 25.9 Å². The molecule has 1 aromatic heterocycles. The second-order valence-electron chi connectivity index (χ2n) is 5.93.